The number of benzene rings is 1. The zero-order chi connectivity index (χ0) is 14.8. The van der Waals surface area contributed by atoms with E-state index >= 15 is 0 Å². The van der Waals surface area contributed by atoms with Crippen molar-refractivity contribution in [2.24, 2.45) is 5.92 Å². The van der Waals surface area contributed by atoms with Crippen molar-refractivity contribution < 1.29 is 13.9 Å². The fourth-order valence-electron chi connectivity index (χ4n) is 4.01. The molecule has 3 rings (SSSR count). The van der Waals surface area contributed by atoms with Gasteiger partial charge in [-0.05, 0) is 38.3 Å². The molecule has 2 fully saturated rings. The van der Waals surface area contributed by atoms with Crippen molar-refractivity contribution in [1.29, 1.82) is 0 Å². The minimum absolute atomic E-state index is 0.235. The lowest BCUT2D eigenvalue weighted by Crippen LogP contribution is -2.42. The zero-order valence-electron chi connectivity index (χ0n) is 12.3. The minimum Gasteiger partial charge on any atom is -0.393 e. The van der Waals surface area contributed by atoms with Gasteiger partial charge in [-0.25, -0.2) is 8.78 Å². The van der Waals surface area contributed by atoms with Crippen LogP contribution in [0.5, 0.6) is 0 Å². The van der Waals surface area contributed by atoms with E-state index in [1.165, 1.54) is 6.42 Å². The highest BCUT2D eigenvalue weighted by Crippen LogP contribution is 2.35. The summed E-state index contributed by atoms with van der Waals surface area (Å²) in [5.41, 5.74) is 0.423. The first-order chi connectivity index (χ1) is 10.2. The summed E-state index contributed by atoms with van der Waals surface area (Å²) in [6.45, 7) is 1.35. The Labute approximate surface area is 124 Å². The van der Waals surface area contributed by atoms with Crippen molar-refractivity contribution in [3.05, 3.63) is 35.4 Å². The highest BCUT2D eigenvalue weighted by Gasteiger charge is 2.37. The third kappa shape index (κ3) is 3.11. The minimum atomic E-state index is -0.777. The molecule has 1 aliphatic heterocycles. The molecule has 21 heavy (non-hydrogen) atoms. The second-order valence-electron chi connectivity index (χ2n) is 6.41. The van der Waals surface area contributed by atoms with Crippen molar-refractivity contribution in [3.8, 4) is 0 Å². The Morgan fingerprint density at radius 2 is 1.90 bits per heavy atom. The van der Waals surface area contributed by atoms with Crippen LogP contribution in [0.4, 0.5) is 8.78 Å². The van der Waals surface area contributed by atoms with Gasteiger partial charge < -0.3 is 5.11 Å². The normalized spacial score (nSPS) is 30.7. The van der Waals surface area contributed by atoms with Crippen molar-refractivity contribution in [1.82, 2.24) is 4.90 Å². The standard InChI is InChI=1S/C17H23F2NO/c18-14-7-3-5-12(17(14)19)11-20-10-4-8-15(20)13-6-1-2-9-16(13)21/h3,5,7,13,15-16,21H,1-2,4,6,8-11H2. The van der Waals surface area contributed by atoms with Crippen molar-refractivity contribution in [2.75, 3.05) is 6.54 Å². The molecule has 1 heterocycles. The molecule has 4 heteroatoms. The molecule has 0 radical (unpaired) electrons. The van der Waals surface area contributed by atoms with Gasteiger partial charge in [-0.3, -0.25) is 4.90 Å². The molecule has 1 aromatic rings. The van der Waals surface area contributed by atoms with E-state index < -0.39 is 11.6 Å². The lowest BCUT2D eigenvalue weighted by Gasteiger charge is -2.37. The molecule has 0 aromatic heterocycles. The highest BCUT2D eigenvalue weighted by molar-refractivity contribution is 5.19. The third-order valence-corrected chi connectivity index (χ3v) is 5.10. The van der Waals surface area contributed by atoms with Crippen molar-refractivity contribution in [3.63, 3.8) is 0 Å². The van der Waals surface area contributed by atoms with Gasteiger partial charge >= 0.3 is 0 Å². The van der Waals surface area contributed by atoms with E-state index in [0.29, 0.717) is 18.2 Å². The maximum atomic E-state index is 13.9. The van der Waals surface area contributed by atoms with Crippen LogP contribution in [0.25, 0.3) is 0 Å². The van der Waals surface area contributed by atoms with E-state index in [9.17, 15) is 13.9 Å². The van der Waals surface area contributed by atoms with Gasteiger partial charge in [0.1, 0.15) is 0 Å². The predicted octanol–water partition coefficient (Wildman–Crippen LogP) is 3.48. The first kappa shape index (κ1) is 14.9. The van der Waals surface area contributed by atoms with Crippen LogP contribution in [0, 0.1) is 17.6 Å². The van der Waals surface area contributed by atoms with Gasteiger partial charge in [0.2, 0.25) is 0 Å². The Morgan fingerprint density at radius 3 is 2.71 bits per heavy atom. The summed E-state index contributed by atoms with van der Waals surface area (Å²) < 4.78 is 27.2. The van der Waals surface area contributed by atoms with Gasteiger partial charge in [0.15, 0.2) is 11.6 Å². The molecular weight excluding hydrogens is 272 g/mol. The molecule has 2 aliphatic rings. The number of hydrogen-bond acceptors (Lipinski definition) is 2. The Morgan fingerprint density at radius 1 is 1.10 bits per heavy atom. The molecule has 1 saturated heterocycles. The van der Waals surface area contributed by atoms with Gasteiger partial charge in [0.05, 0.1) is 6.10 Å². The number of aliphatic hydroxyl groups is 1. The SMILES string of the molecule is OC1CCCCC1C1CCCN1Cc1cccc(F)c1F. The highest BCUT2D eigenvalue weighted by atomic mass is 19.2. The maximum absolute atomic E-state index is 13.9. The first-order valence-corrected chi connectivity index (χ1v) is 8.02. The van der Waals surface area contributed by atoms with Gasteiger partial charge in [-0.15, -0.1) is 0 Å². The number of rotatable bonds is 3. The summed E-state index contributed by atoms with van der Waals surface area (Å²) in [5.74, 6) is -1.22. The van der Waals surface area contributed by atoms with Crippen LogP contribution in [-0.4, -0.2) is 28.7 Å². The van der Waals surface area contributed by atoms with Gasteiger partial charge in [-0.2, -0.15) is 0 Å². The smallest absolute Gasteiger partial charge is 0.163 e. The van der Waals surface area contributed by atoms with Crippen LogP contribution >= 0.6 is 0 Å². The average molecular weight is 295 g/mol. The Hall–Kier alpha value is -1.00. The molecule has 1 aliphatic carbocycles. The molecule has 0 amide bonds. The van der Waals surface area contributed by atoms with Gasteiger partial charge in [0, 0.05) is 24.1 Å². The van der Waals surface area contributed by atoms with Crippen LogP contribution in [0.3, 0.4) is 0 Å². The quantitative estimate of drug-likeness (QED) is 0.923. The van der Waals surface area contributed by atoms with Crippen molar-refractivity contribution in [2.45, 2.75) is 57.2 Å². The summed E-state index contributed by atoms with van der Waals surface area (Å²) in [6.07, 6.45) is 6.09. The number of hydrogen-bond donors (Lipinski definition) is 1. The number of halogens is 2. The Bertz CT molecular complexity index is 494. The number of nitrogens with zero attached hydrogens (tertiary/aromatic N) is 1. The fraction of sp³-hybridized carbons (Fsp3) is 0.647. The van der Waals surface area contributed by atoms with Gasteiger partial charge in [-0.1, -0.05) is 25.0 Å². The van der Waals surface area contributed by atoms with Crippen LogP contribution in [0.15, 0.2) is 18.2 Å². The average Bonchev–Trinajstić information content (AvgIpc) is 2.92. The molecule has 116 valence electrons. The second kappa shape index (κ2) is 6.41. The van der Waals surface area contributed by atoms with Crippen LogP contribution in [-0.2, 0) is 6.54 Å². The molecule has 1 aromatic carbocycles. The monoisotopic (exact) mass is 295 g/mol. The van der Waals surface area contributed by atoms with Crippen LogP contribution in [0.2, 0.25) is 0 Å². The maximum Gasteiger partial charge on any atom is 0.163 e. The van der Waals surface area contributed by atoms with Crippen molar-refractivity contribution >= 4 is 0 Å². The summed E-state index contributed by atoms with van der Waals surface area (Å²) >= 11 is 0. The molecule has 3 atom stereocenters. The molecule has 2 nitrogen and oxygen atoms in total. The lowest BCUT2D eigenvalue weighted by molar-refractivity contribution is 0.0199. The molecule has 1 N–H and O–H groups in total. The van der Waals surface area contributed by atoms with E-state index in [-0.39, 0.29) is 12.0 Å². The molecular formula is C17H23F2NO. The first-order valence-electron chi connectivity index (χ1n) is 8.02. The molecule has 1 saturated carbocycles. The molecule has 0 spiro atoms. The van der Waals surface area contributed by atoms with Crippen LogP contribution < -0.4 is 0 Å². The third-order valence-electron chi connectivity index (χ3n) is 5.10. The summed E-state index contributed by atoms with van der Waals surface area (Å²) in [4.78, 5) is 2.23. The van der Waals surface area contributed by atoms with Crippen LogP contribution in [0.1, 0.15) is 44.1 Å². The van der Waals surface area contributed by atoms with E-state index in [1.54, 1.807) is 12.1 Å². The topological polar surface area (TPSA) is 23.5 Å². The van der Waals surface area contributed by atoms with Gasteiger partial charge in [0.25, 0.3) is 0 Å². The zero-order valence-corrected chi connectivity index (χ0v) is 12.3. The van der Waals surface area contributed by atoms with E-state index in [1.807, 2.05) is 0 Å². The van der Waals surface area contributed by atoms with E-state index in [0.717, 1.165) is 44.7 Å². The number of aliphatic hydroxyl groups excluding tert-OH is 1. The Balaban J connectivity index is 1.73. The summed E-state index contributed by atoms with van der Waals surface area (Å²) in [7, 11) is 0. The largest absolute Gasteiger partial charge is 0.393 e. The lowest BCUT2D eigenvalue weighted by atomic mass is 9.80. The molecule has 0 bridgehead atoms. The summed E-state index contributed by atoms with van der Waals surface area (Å²) in [6, 6.07) is 4.69. The summed E-state index contributed by atoms with van der Waals surface area (Å²) in [5, 5.41) is 10.3. The Kier molecular flexibility index (Phi) is 4.55. The van der Waals surface area contributed by atoms with E-state index in [4.69, 9.17) is 0 Å². The molecule has 3 unspecified atom stereocenters. The van der Waals surface area contributed by atoms with E-state index in [2.05, 4.69) is 4.90 Å². The fourth-order valence-corrected chi connectivity index (χ4v) is 4.01. The predicted molar refractivity (Wildman–Crippen MR) is 77.8 cm³/mol. The second-order valence-corrected chi connectivity index (χ2v) is 6.41. The number of likely N-dealkylation sites (tertiary alicyclic amines) is 1.